The average molecular weight is 330 g/mol. The minimum absolute atomic E-state index is 0.411. The summed E-state index contributed by atoms with van der Waals surface area (Å²) in [6.45, 7) is 0.862. The molecular formula is C18H22N2O4. The molecule has 0 aromatic heterocycles. The van der Waals surface area contributed by atoms with E-state index < -0.39 is 6.03 Å². The lowest BCUT2D eigenvalue weighted by Gasteiger charge is -2.13. The lowest BCUT2D eigenvalue weighted by Crippen LogP contribution is -2.36. The van der Waals surface area contributed by atoms with Crippen molar-refractivity contribution in [1.82, 2.24) is 10.4 Å². The molecule has 0 aliphatic heterocycles. The van der Waals surface area contributed by atoms with E-state index in [2.05, 4.69) is 5.32 Å². The van der Waals surface area contributed by atoms with Crippen LogP contribution < -0.4 is 14.8 Å². The fraction of sp³-hybridized carbons (Fsp3) is 0.278. The van der Waals surface area contributed by atoms with Gasteiger partial charge in [0.25, 0.3) is 0 Å². The minimum atomic E-state index is -0.538. The molecule has 0 spiro atoms. The molecule has 2 aromatic rings. The molecule has 2 rings (SSSR count). The van der Waals surface area contributed by atoms with E-state index in [4.69, 9.17) is 14.7 Å². The fourth-order valence-electron chi connectivity index (χ4n) is 2.15. The summed E-state index contributed by atoms with van der Waals surface area (Å²) in [4.78, 5) is 11.3. The Balaban J connectivity index is 1.97. The van der Waals surface area contributed by atoms with Crippen LogP contribution in [0.4, 0.5) is 4.79 Å². The van der Waals surface area contributed by atoms with E-state index in [1.54, 1.807) is 7.11 Å². The Morgan fingerprint density at radius 1 is 1.12 bits per heavy atom. The summed E-state index contributed by atoms with van der Waals surface area (Å²) in [5, 5.41) is 12.1. The summed E-state index contributed by atoms with van der Waals surface area (Å²) in [5.74, 6) is 1.32. The number of methoxy groups -OCH3 is 1. The average Bonchev–Trinajstić information content (AvgIpc) is 2.60. The Bertz CT molecular complexity index is 659. The SMILES string of the molecule is COc1ccc(CCNC(=O)N(C)O)cc1OCc1ccccc1. The maximum atomic E-state index is 11.3. The van der Waals surface area contributed by atoms with Crippen molar-refractivity contribution in [2.75, 3.05) is 20.7 Å². The molecule has 0 fully saturated rings. The predicted molar refractivity (Wildman–Crippen MR) is 90.4 cm³/mol. The van der Waals surface area contributed by atoms with Crippen molar-refractivity contribution in [3.63, 3.8) is 0 Å². The summed E-state index contributed by atoms with van der Waals surface area (Å²) in [6, 6.07) is 15.0. The van der Waals surface area contributed by atoms with Crippen molar-refractivity contribution in [2.24, 2.45) is 0 Å². The van der Waals surface area contributed by atoms with Crippen LogP contribution in [0.15, 0.2) is 48.5 Å². The number of hydroxylamine groups is 2. The molecule has 2 amide bonds. The van der Waals surface area contributed by atoms with Crippen LogP contribution in [-0.2, 0) is 13.0 Å². The number of urea groups is 1. The van der Waals surface area contributed by atoms with Crippen molar-refractivity contribution < 1.29 is 19.5 Å². The Labute approximate surface area is 141 Å². The molecule has 0 atom stereocenters. The second-order valence-electron chi connectivity index (χ2n) is 5.27. The first-order chi connectivity index (χ1) is 11.6. The first-order valence-electron chi connectivity index (χ1n) is 7.64. The molecule has 0 aliphatic rings. The summed E-state index contributed by atoms with van der Waals surface area (Å²) < 4.78 is 11.2. The van der Waals surface area contributed by atoms with Gasteiger partial charge in [0, 0.05) is 13.6 Å². The van der Waals surface area contributed by atoms with Crippen molar-refractivity contribution >= 4 is 6.03 Å². The number of rotatable bonds is 7. The second kappa shape index (κ2) is 8.79. The first-order valence-corrected chi connectivity index (χ1v) is 7.64. The molecule has 0 bridgehead atoms. The van der Waals surface area contributed by atoms with E-state index in [-0.39, 0.29) is 0 Å². The third kappa shape index (κ3) is 5.17. The Morgan fingerprint density at radius 3 is 2.54 bits per heavy atom. The molecule has 128 valence electrons. The number of amides is 2. The monoisotopic (exact) mass is 330 g/mol. The molecule has 2 aromatic carbocycles. The molecule has 6 nitrogen and oxygen atoms in total. The van der Waals surface area contributed by atoms with Crippen LogP contribution in [0.2, 0.25) is 0 Å². The van der Waals surface area contributed by atoms with E-state index in [0.717, 1.165) is 11.1 Å². The fourth-order valence-corrected chi connectivity index (χ4v) is 2.15. The smallest absolute Gasteiger partial charge is 0.340 e. The van der Waals surface area contributed by atoms with Crippen LogP contribution in [-0.4, -0.2) is 37.0 Å². The van der Waals surface area contributed by atoms with E-state index >= 15 is 0 Å². The molecule has 6 heteroatoms. The second-order valence-corrected chi connectivity index (χ2v) is 5.27. The maximum Gasteiger partial charge on any atom is 0.340 e. The summed E-state index contributed by atoms with van der Waals surface area (Å²) >= 11 is 0. The van der Waals surface area contributed by atoms with Gasteiger partial charge in [-0.1, -0.05) is 36.4 Å². The highest BCUT2D eigenvalue weighted by Crippen LogP contribution is 2.29. The largest absolute Gasteiger partial charge is 0.493 e. The Morgan fingerprint density at radius 2 is 1.88 bits per heavy atom. The summed E-state index contributed by atoms with van der Waals surface area (Å²) in [7, 11) is 2.87. The Hall–Kier alpha value is -2.73. The van der Waals surface area contributed by atoms with Gasteiger partial charge in [-0.25, -0.2) is 9.86 Å². The normalized spacial score (nSPS) is 10.1. The van der Waals surface area contributed by atoms with E-state index in [0.29, 0.717) is 36.1 Å². The predicted octanol–water partition coefficient (Wildman–Crippen LogP) is 2.85. The van der Waals surface area contributed by atoms with E-state index in [9.17, 15) is 4.79 Å². The molecule has 0 aliphatic carbocycles. The van der Waals surface area contributed by atoms with E-state index in [1.165, 1.54) is 7.05 Å². The van der Waals surface area contributed by atoms with Gasteiger partial charge < -0.3 is 14.8 Å². The number of ether oxygens (including phenoxy) is 2. The van der Waals surface area contributed by atoms with Crippen LogP contribution in [0.1, 0.15) is 11.1 Å². The number of hydrogen-bond donors (Lipinski definition) is 2. The van der Waals surface area contributed by atoms with Gasteiger partial charge in [-0.3, -0.25) is 5.21 Å². The van der Waals surface area contributed by atoms with Crippen LogP contribution in [0, 0.1) is 0 Å². The number of nitrogens with zero attached hydrogens (tertiary/aromatic N) is 1. The van der Waals surface area contributed by atoms with E-state index in [1.807, 2.05) is 48.5 Å². The number of benzene rings is 2. The lowest BCUT2D eigenvalue weighted by atomic mass is 10.1. The summed E-state index contributed by atoms with van der Waals surface area (Å²) in [5.41, 5.74) is 2.07. The van der Waals surface area contributed by atoms with Gasteiger partial charge in [0.15, 0.2) is 11.5 Å². The molecule has 0 unspecified atom stereocenters. The minimum Gasteiger partial charge on any atom is -0.493 e. The van der Waals surface area contributed by atoms with Gasteiger partial charge >= 0.3 is 6.03 Å². The third-order valence-electron chi connectivity index (χ3n) is 3.45. The number of carbonyl (C=O) groups excluding carboxylic acids is 1. The van der Waals surface area contributed by atoms with Crippen LogP contribution in [0.3, 0.4) is 0 Å². The highest BCUT2D eigenvalue weighted by atomic mass is 16.5. The molecule has 0 heterocycles. The van der Waals surface area contributed by atoms with Crippen LogP contribution in [0.5, 0.6) is 11.5 Å². The quantitative estimate of drug-likeness (QED) is 0.605. The standard InChI is InChI=1S/C18H22N2O4/c1-20(22)18(21)19-11-10-14-8-9-16(23-2)17(12-14)24-13-15-6-4-3-5-7-15/h3-9,12,22H,10-11,13H2,1-2H3,(H,19,21). The van der Waals surface area contributed by atoms with Gasteiger partial charge in [0.2, 0.25) is 0 Å². The van der Waals surface area contributed by atoms with Crippen molar-refractivity contribution in [2.45, 2.75) is 13.0 Å². The zero-order chi connectivity index (χ0) is 17.4. The van der Waals surface area contributed by atoms with Crippen molar-refractivity contribution in [1.29, 1.82) is 0 Å². The highest BCUT2D eigenvalue weighted by molar-refractivity contribution is 5.72. The molecule has 24 heavy (non-hydrogen) atoms. The Kier molecular flexibility index (Phi) is 6.45. The molecule has 0 saturated heterocycles. The molecule has 2 N–H and O–H groups in total. The molecule has 0 saturated carbocycles. The number of nitrogens with one attached hydrogen (secondary N) is 1. The first kappa shape index (κ1) is 17.6. The van der Waals surface area contributed by atoms with Gasteiger partial charge in [0.05, 0.1) is 7.11 Å². The van der Waals surface area contributed by atoms with Crippen LogP contribution in [0.25, 0.3) is 0 Å². The maximum absolute atomic E-state index is 11.3. The van der Waals surface area contributed by atoms with Gasteiger partial charge in [-0.15, -0.1) is 0 Å². The molecule has 0 radical (unpaired) electrons. The summed E-state index contributed by atoms with van der Waals surface area (Å²) in [6.07, 6.45) is 0.616. The van der Waals surface area contributed by atoms with Crippen molar-refractivity contribution in [3.05, 3.63) is 59.7 Å². The molecular weight excluding hydrogens is 308 g/mol. The topological polar surface area (TPSA) is 71.0 Å². The van der Waals surface area contributed by atoms with Gasteiger partial charge in [-0.2, -0.15) is 0 Å². The zero-order valence-corrected chi connectivity index (χ0v) is 13.9. The zero-order valence-electron chi connectivity index (χ0n) is 13.9. The van der Waals surface area contributed by atoms with Gasteiger partial charge in [-0.05, 0) is 29.7 Å². The lowest BCUT2D eigenvalue weighted by molar-refractivity contribution is -0.0181. The van der Waals surface area contributed by atoms with Gasteiger partial charge in [0.1, 0.15) is 6.61 Å². The highest BCUT2D eigenvalue weighted by Gasteiger charge is 2.08. The van der Waals surface area contributed by atoms with Crippen LogP contribution >= 0.6 is 0 Å². The number of hydrogen-bond acceptors (Lipinski definition) is 4. The van der Waals surface area contributed by atoms with Crippen molar-refractivity contribution in [3.8, 4) is 11.5 Å². The third-order valence-corrected chi connectivity index (χ3v) is 3.45. The number of carbonyl (C=O) groups is 1.